The average molecular weight is 399 g/mol. The van der Waals surface area contributed by atoms with Crippen molar-refractivity contribution >= 4 is 28.7 Å². The number of piperazine rings is 1. The summed E-state index contributed by atoms with van der Waals surface area (Å²) < 4.78 is 18.8. The predicted octanol–water partition coefficient (Wildman–Crippen LogP) is 2.71. The number of halogens is 1. The van der Waals surface area contributed by atoms with Crippen molar-refractivity contribution in [1.29, 1.82) is 0 Å². The van der Waals surface area contributed by atoms with Crippen LogP contribution in [-0.4, -0.2) is 53.5 Å². The zero-order valence-electron chi connectivity index (χ0n) is 15.7. The Morgan fingerprint density at radius 3 is 2.71 bits per heavy atom. The van der Waals surface area contributed by atoms with Crippen molar-refractivity contribution in [2.24, 2.45) is 5.10 Å². The van der Waals surface area contributed by atoms with E-state index in [-0.39, 0.29) is 0 Å². The van der Waals surface area contributed by atoms with Crippen LogP contribution in [0.2, 0.25) is 0 Å². The molecular weight excluding hydrogens is 377 g/mol. The molecule has 8 heteroatoms. The number of rotatable bonds is 2. The largest absolute Gasteiger partial charge is 0.491 e. The molecule has 0 unspecified atom stereocenters. The number of aromatic nitrogens is 1. The maximum absolute atomic E-state index is 13.3. The summed E-state index contributed by atoms with van der Waals surface area (Å²) in [5.74, 6) is -0.000594. The van der Waals surface area contributed by atoms with Gasteiger partial charge in [-0.05, 0) is 31.3 Å². The molecule has 1 aromatic heterocycles. The molecule has 0 aliphatic carbocycles. The van der Waals surface area contributed by atoms with Crippen molar-refractivity contribution in [1.82, 2.24) is 15.3 Å². The van der Waals surface area contributed by atoms with Crippen LogP contribution in [0, 0.1) is 12.7 Å². The third kappa shape index (κ3) is 4.06. The molecule has 2 aromatic rings. The normalized spacial score (nSPS) is 17.9. The molecule has 0 spiro atoms. The molecule has 6 nitrogen and oxygen atoms in total. The zero-order chi connectivity index (χ0) is 19.5. The number of hydrogen-bond acceptors (Lipinski definition) is 5. The number of hydrogen-bond donors (Lipinski definition) is 1. The first kappa shape index (κ1) is 18.6. The van der Waals surface area contributed by atoms with Gasteiger partial charge in [-0.15, -0.1) is 0 Å². The maximum atomic E-state index is 13.3. The molecule has 1 aromatic carbocycles. The van der Waals surface area contributed by atoms with Crippen molar-refractivity contribution in [3.63, 3.8) is 0 Å². The van der Waals surface area contributed by atoms with Crippen LogP contribution in [0.3, 0.4) is 0 Å². The minimum absolute atomic E-state index is 0.421. The van der Waals surface area contributed by atoms with E-state index >= 15 is 0 Å². The fourth-order valence-corrected chi connectivity index (χ4v) is 3.57. The number of hydrazone groups is 1. The molecule has 1 N–H and O–H groups in total. The molecule has 0 bridgehead atoms. The third-order valence-corrected chi connectivity index (χ3v) is 5.29. The Kier molecular flexibility index (Phi) is 5.38. The summed E-state index contributed by atoms with van der Waals surface area (Å²) in [6.45, 7) is 6.00. The van der Waals surface area contributed by atoms with Gasteiger partial charge in [0.1, 0.15) is 17.3 Å². The summed E-state index contributed by atoms with van der Waals surface area (Å²) in [6, 6.07) is 9.92. The van der Waals surface area contributed by atoms with E-state index in [0.717, 1.165) is 31.9 Å². The van der Waals surface area contributed by atoms with Crippen LogP contribution in [0.5, 0.6) is 5.75 Å². The van der Waals surface area contributed by atoms with Gasteiger partial charge in [0.25, 0.3) is 0 Å². The van der Waals surface area contributed by atoms with Crippen LogP contribution >= 0.6 is 12.2 Å². The van der Waals surface area contributed by atoms with Gasteiger partial charge >= 0.3 is 0 Å². The lowest BCUT2D eigenvalue weighted by molar-refractivity contribution is 0.316. The molecule has 0 amide bonds. The smallest absolute Gasteiger partial charge is 0.189 e. The van der Waals surface area contributed by atoms with E-state index in [2.05, 4.69) is 56.5 Å². The number of benzene rings is 1. The molecular formula is C20H22FN5OS. The number of thiocarbonyl (C=S) groups is 1. The van der Waals surface area contributed by atoms with Crippen molar-refractivity contribution in [3.8, 4) is 5.75 Å². The molecule has 28 heavy (non-hydrogen) atoms. The third-order valence-electron chi connectivity index (χ3n) is 4.94. The van der Waals surface area contributed by atoms with Gasteiger partial charge in [-0.3, -0.25) is 5.43 Å². The summed E-state index contributed by atoms with van der Waals surface area (Å²) in [6.07, 6.45) is 1.77. The van der Waals surface area contributed by atoms with Crippen molar-refractivity contribution in [2.75, 3.05) is 37.7 Å². The van der Waals surface area contributed by atoms with Crippen LogP contribution in [0.25, 0.3) is 0 Å². The molecule has 0 radical (unpaired) electrons. The SMILES string of the molecule is Cc1ccc(N2CCN(C(=S)N/N=C3/CCOc4cc(F)cnc43)CC2)cc1. The van der Waals surface area contributed by atoms with Crippen molar-refractivity contribution < 1.29 is 9.13 Å². The van der Waals surface area contributed by atoms with Crippen molar-refractivity contribution in [3.05, 3.63) is 53.6 Å². The lowest BCUT2D eigenvalue weighted by atomic mass is 10.1. The Balaban J connectivity index is 1.35. The lowest BCUT2D eigenvalue weighted by Gasteiger charge is -2.37. The topological polar surface area (TPSA) is 53.0 Å². The quantitative estimate of drug-likeness (QED) is 0.619. The lowest BCUT2D eigenvalue weighted by Crippen LogP contribution is -2.51. The Hall–Kier alpha value is -2.74. The van der Waals surface area contributed by atoms with Crippen LogP contribution in [-0.2, 0) is 0 Å². The second-order valence-corrected chi connectivity index (χ2v) is 7.27. The highest BCUT2D eigenvalue weighted by Gasteiger charge is 2.21. The Morgan fingerprint density at radius 1 is 1.21 bits per heavy atom. The number of fused-ring (bicyclic) bond motifs is 1. The van der Waals surface area contributed by atoms with E-state index in [9.17, 15) is 4.39 Å². The van der Waals surface area contributed by atoms with Gasteiger partial charge in [0, 0.05) is 44.4 Å². The molecule has 0 saturated carbocycles. The van der Waals surface area contributed by atoms with E-state index in [4.69, 9.17) is 17.0 Å². The minimum Gasteiger partial charge on any atom is -0.491 e. The van der Waals surface area contributed by atoms with Gasteiger partial charge in [0.05, 0.1) is 18.5 Å². The number of nitrogens with zero attached hydrogens (tertiary/aromatic N) is 4. The van der Waals surface area contributed by atoms with Gasteiger partial charge in [-0.2, -0.15) is 5.10 Å². The first-order valence-electron chi connectivity index (χ1n) is 9.32. The summed E-state index contributed by atoms with van der Waals surface area (Å²) in [7, 11) is 0. The highest BCUT2D eigenvalue weighted by Crippen LogP contribution is 2.23. The fourth-order valence-electron chi connectivity index (χ4n) is 3.34. The molecule has 3 heterocycles. The average Bonchev–Trinajstić information content (AvgIpc) is 2.72. The zero-order valence-corrected chi connectivity index (χ0v) is 16.5. The highest BCUT2D eigenvalue weighted by molar-refractivity contribution is 7.80. The maximum Gasteiger partial charge on any atom is 0.189 e. The van der Waals surface area contributed by atoms with Crippen LogP contribution < -0.4 is 15.1 Å². The fraction of sp³-hybridized carbons (Fsp3) is 0.350. The summed E-state index contributed by atoms with van der Waals surface area (Å²) >= 11 is 5.51. The Morgan fingerprint density at radius 2 is 1.96 bits per heavy atom. The van der Waals surface area contributed by atoms with E-state index in [1.165, 1.54) is 23.5 Å². The molecule has 146 valence electrons. The molecule has 0 atom stereocenters. The first-order valence-corrected chi connectivity index (χ1v) is 9.73. The number of pyridine rings is 1. The summed E-state index contributed by atoms with van der Waals surface area (Å²) in [4.78, 5) is 8.58. The monoisotopic (exact) mass is 399 g/mol. The van der Waals surface area contributed by atoms with Gasteiger partial charge in [-0.25, -0.2) is 9.37 Å². The van der Waals surface area contributed by atoms with Crippen molar-refractivity contribution in [2.45, 2.75) is 13.3 Å². The molecule has 4 rings (SSSR count). The number of aryl methyl sites for hydroxylation is 1. The molecule has 2 aliphatic heterocycles. The van der Waals surface area contributed by atoms with E-state index in [1.807, 2.05) is 0 Å². The molecule has 2 aliphatic rings. The van der Waals surface area contributed by atoms with E-state index < -0.39 is 5.82 Å². The number of nitrogens with one attached hydrogen (secondary N) is 1. The van der Waals surface area contributed by atoms with Gasteiger partial charge in [0.15, 0.2) is 5.11 Å². The second kappa shape index (κ2) is 8.10. The van der Waals surface area contributed by atoms with Gasteiger partial charge in [0.2, 0.25) is 0 Å². The van der Waals surface area contributed by atoms with Crippen LogP contribution in [0.15, 0.2) is 41.6 Å². The van der Waals surface area contributed by atoms with Crippen LogP contribution in [0.1, 0.15) is 17.7 Å². The standard InChI is InChI=1S/C20H22FN5OS/c1-14-2-4-16(5-3-14)25-7-9-26(10-8-25)20(28)24-23-17-6-11-27-18-12-15(21)13-22-19(17)18/h2-5,12-13H,6-11H2,1H3,(H,24,28)/b23-17-. The van der Waals surface area contributed by atoms with Crippen LogP contribution in [0.4, 0.5) is 10.1 Å². The van der Waals surface area contributed by atoms with E-state index in [0.29, 0.717) is 29.6 Å². The molecule has 1 fully saturated rings. The second-order valence-electron chi connectivity index (χ2n) is 6.88. The van der Waals surface area contributed by atoms with Gasteiger partial charge < -0.3 is 14.5 Å². The highest BCUT2D eigenvalue weighted by atomic mass is 32.1. The summed E-state index contributed by atoms with van der Waals surface area (Å²) in [5, 5.41) is 5.01. The molecule has 1 saturated heterocycles. The first-order chi connectivity index (χ1) is 13.6. The number of anilines is 1. The Bertz CT molecular complexity index is 894. The summed E-state index contributed by atoms with van der Waals surface area (Å²) in [5.41, 5.74) is 6.76. The number of ether oxygens (including phenoxy) is 1. The van der Waals surface area contributed by atoms with Gasteiger partial charge in [-0.1, -0.05) is 17.7 Å². The minimum atomic E-state index is -0.421. The Labute approximate surface area is 169 Å². The predicted molar refractivity (Wildman–Crippen MR) is 112 cm³/mol. The van der Waals surface area contributed by atoms with E-state index in [1.54, 1.807) is 0 Å².